The lowest BCUT2D eigenvalue weighted by Gasteiger charge is -2.03. The van der Waals surface area contributed by atoms with E-state index in [-0.39, 0.29) is 5.43 Å². The van der Waals surface area contributed by atoms with Crippen LogP contribution in [0.1, 0.15) is 12.6 Å². The molecule has 0 aliphatic carbocycles. The third kappa shape index (κ3) is 2.10. The van der Waals surface area contributed by atoms with Crippen LogP contribution < -0.4 is 5.43 Å². The van der Waals surface area contributed by atoms with Gasteiger partial charge in [0, 0.05) is 35.9 Å². The molecule has 0 saturated heterocycles. The number of fused-ring (bicyclic) bond motifs is 1. The van der Waals surface area contributed by atoms with E-state index in [9.17, 15) is 4.79 Å². The minimum atomic E-state index is -0.0794. The molecule has 0 aliphatic heterocycles. The summed E-state index contributed by atoms with van der Waals surface area (Å²) in [5.41, 5.74) is 2.36. The van der Waals surface area contributed by atoms with Gasteiger partial charge < -0.3 is 4.98 Å². The summed E-state index contributed by atoms with van der Waals surface area (Å²) in [6, 6.07) is 5.29. The normalized spacial score (nSPS) is 10.8. The smallest absolute Gasteiger partial charge is 0.192 e. The molecule has 5 heteroatoms. The second-order valence-electron chi connectivity index (χ2n) is 4.19. The summed E-state index contributed by atoms with van der Waals surface area (Å²) >= 11 is 0. The van der Waals surface area contributed by atoms with Crippen molar-refractivity contribution in [3.8, 4) is 11.4 Å². The van der Waals surface area contributed by atoms with E-state index in [1.807, 2.05) is 19.1 Å². The summed E-state index contributed by atoms with van der Waals surface area (Å²) in [5.74, 6) is 0.589. The van der Waals surface area contributed by atoms with E-state index in [0.717, 1.165) is 17.7 Å². The number of rotatable bonds is 2. The molecule has 3 aromatic heterocycles. The molecular weight excluding hydrogens is 240 g/mol. The van der Waals surface area contributed by atoms with Gasteiger partial charge in [-0.25, -0.2) is 9.97 Å². The number of hydrogen-bond acceptors (Lipinski definition) is 4. The molecule has 0 radical (unpaired) electrons. The maximum Gasteiger partial charge on any atom is 0.192 e. The van der Waals surface area contributed by atoms with Crippen LogP contribution in [-0.4, -0.2) is 19.9 Å². The molecule has 3 heterocycles. The Labute approximate surface area is 109 Å². The Morgan fingerprint density at radius 3 is 3.00 bits per heavy atom. The number of hydrogen-bond donors (Lipinski definition) is 1. The molecular formula is C14H12N4O. The van der Waals surface area contributed by atoms with Crippen LogP contribution in [0.5, 0.6) is 0 Å². The van der Waals surface area contributed by atoms with Gasteiger partial charge in [-0.2, -0.15) is 0 Å². The van der Waals surface area contributed by atoms with Gasteiger partial charge in [-0.3, -0.25) is 9.78 Å². The highest BCUT2D eigenvalue weighted by Crippen LogP contribution is 2.16. The molecule has 0 amide bonds. The maximum absolute atomic E-state index is 11.6. The Morgan fingerprint density at radius 2 is 2.16 bits per heavy atom. The fraction of sp³-hybridized carbons (Fsp3) is 0.143. The predicted molar refractivity (Wildman–Crippen MR) is 72.8 cm³/mol. The van der Waals surface area contributed by atoms with Crippen molar-refractivity contribution in [3.05, 3.63) is 52.7 Å². The van der Waals surface area contributed by atoms with Gasteiger partial charge in [0.05, 0.1) is 5.39 Å². The van der Waals surface area contributed by atoms with Gasteiger partial charge in [0.25, 0.3) is 0 Å². The molecule has 3 rings (SSSR count). The van der Waals surface area contributed by atoms with Crippen LogP contribution in [0.4, 0.5) is 0 Å². The van der Waals surface area contributed by atoms with Crippen molar-refractivity contribution in [2.24, 2.45) is 0 Å². The van der Waals surface area contributed by atoms with Gasteiger partial charge in [0.15, 0.2) is 11.3 Å². The van der Waals surface area contributed by atoms with E-state index >= 15 is 0 Å². The van der Waals surface area contributed by atoms with E-state index in [2.05, 4.69) is 19.9 Å². The molecule has 0 fully saturated rings. The monoisotopic (exact) mass is 252 g/mol. The van der Waals surface area contributed by atoms with Crippen LogP contribution in [0.15, 0.2) is 41.6 Å². The number of H-pyrrole nitrogens is 1. The van der Waals surface area contributed by atoms with Crippen LogP contribution in [0.2, 0.25) is 0 Å². The first kappa shape index (κ1) is 11.5. The highest BCUT2D eigenvalue weighted by Gasteiger charge is 2.06. The van der Waals surface area contributed by atoms with Gasteiger partial charge in [0.2, 0.25) is 0 Å². The Bertz CT molecular complexity index is 795. The summed E-state index contributed by atoms with van der Waals surface area (Å²) in [6.45, 7) is 2.05. The molecule has 94 valence electrons. The van der Waals surface area contributed by atoms with Crippen LogP contribution in [0.3, 0.4) is 0 Å². The molecule has 0 unspecified atom stereocenters. The fourth-order valence-electron chi connectivity index (χ4n) is 1.91. The van der Waals surface area contributed by atoms with Crippen molar-refractivity contribution in [3.63, 3.8) is 0 Å². The van der Waals surface area contributed by atoms with Crippen molar-refractivity contribution in [1.29, 1.82) is 0 Å². The van der Waals surface area contributed by atoms with Crippen molar-refractivity contribution >= 4 is 11.0 Å². The van der Waals surface area contributed by atoms with Crippen molar-refractivity contribution in [1.82, 2.24) is 19.9 Å². The van der Waals surface area contributed by atoms with Crippen molar-refractivity contribution in [2.45, 2.75) is 13.3 Å². The number of nitrogens with zero attached hydrogens (tertiary/aromatic N) is 3. The maximum atomic E-state index is 11.6. The molecule has 19 heavy (non-hydrogen) atoms. The summed E-state index contributed by atoms with van der Waals surface area (Å²) in [5, 5.41) is 0.496. The summed E-state index contributed by atoms with van der Waals surface area (Å²) < 4.78 is 0. The molecule has 3 aromatic rings. The van der Waals surface area contributed by atoms with Crippen molar-refractivity contribution in [2.75, 3.05) is 0 Å². The number of aromatic amines is 1. The van der Waals surface area contributed by atoms with Crippen LogP contribution >= 0.6 is 0 Å². The van der Waals surface area contributed by atoms with E-state index in [1.54, 1.807) is 18.6 Å². The first-order valence-electron chi connectivity index (χ1n) is 6.07. The van der Waals surface area contributed by atoms with E-state index in [1.165, 1.54) is 6.07 Å². The van der Waals surface area contributed by atoms with Gasteiger partial charge in [-0.1, -0.05) is 6.92 Å². The SMILES string of the molecule is CCc1cc(-c2ncc3c(=O)cc[nH]c3n2)ccn1. The second-order valence-corrected chi connectivity index (χ2v) is 4.19. The average molecular weight is 252 g/mol. The van der Waals surface area contributed by atoms with Gasteiger partial charge in [-0.15, -0.1) is 0 Å². The lowest BCUT2D eigenvalue weighted by molar-refractivity contribution is 1.03. The molecule has 0 spiro atoms. The van der Waals surface area contributed by atoms with Gasteiger partial charge >= 0.3 is 0 Å². The zero-order valence-electron chi connectivity index (χ0n) is 10.4. The quantitative estimate of drug-likeness (QED) is 0.756. The minimum absolute atomic E-state index is 0.0794. The molecule has 0 atom stereocenters. The first-order chi connectivity index (χ1) is 9.28. The zero-order valence-corrected chi connectivity index (χ0v) is 10.4. The minimum Gasteiger partial charge on any atom is -0.346 e. The summed E-state index contributed by atoms with van der Waals surface area (Å²) in [6.07, 6.45) is 5.75. The fourth-order valence-corrected chi connectivity index (χ4v) is 1.91. The molecule has 0 bridgehead atoms. The van der Waals surface area contributed by atoms with Crippen LogP contribution in [0, 0.1) is 0 Å². The standard InChI is InChI=1S/C14H12N4O/c1-2-10-7-9(3-5-15-10)13-17-8-11-12(19)4-6-16-14(11)18-13/h3-8H,2H2,1H3,(H,16,17,18,19). The van der Waals surface area contributed by atoms with E-state index < -0.39 is 0 Å². The Balaban J connectivity index is 2.17. The first-order valence-corrected chi connectivity index (χ1v) is 6.07. The number of aromatic nitrogens is 4. The summed E-state index contributed by atoms with van der Waals surface area (Å²) in [7, 11) is 0. The zero-order chi connectivity index (χ0) is 13.2. The average Bonchev–Trinajstić information content (AvgIpc) is 2.47. The lowest BCUT2D eigenvalue weighted by Crippen LogP contribution is -2.03. The second kappa shape index (κ2) is 4.61. The number of pyridine rings is 2. The Morgan fingerprint density at radius 1 is 1.26 bits per heavy atom. The topological polar surface area (TPSA) is 71.5 Å². The largest absolute Gasteiger partial charge is 0.346 e. The highest BCUT2D eigenvalue weighted by molar-refractivity contribution is 5.75. The molecule has 0 aliphatic rings. The number of nitrogens with one attached hydrogen (secondary N) is 1. The van der Waals surface area contributed by atoms with E-state index in [0.29, 0.717) is 16.9 Å². The third-order valence-corrected chi connectivity index (χ3v) is 2.95. The molecule has 5 nitrogen and oxygen atoms in total. The summed E-state index contributed by atoms with van der Waals surface area (Å²) in [4.78, 5) is 27.5. The van der Waals surface area contributed by atoms with Crippen molar-refractivity contribution < 1.29 is 0 Å². The lowest BCUT2D eigenvalue weighted by atomic mass is 10.2. The third-order valence-electron chi connectivity index (χ3n) is 2.95. The van der Waals surface area contributed by atoms with E-state index in [4.69, 9.17) is 0 Å². The predicted octanol–water partition coefficient (Wildman–Crippen LogP) is 1.94. The molecule has 0 saturated carbocycles. The highest BCUT2D eigenvalue weighted by atomic mass is 16.1. The molecule has 0 aromatic carbocycles. The Kier molecular flexibility index (Phi) is 2.79. The number of aryl methyl sites for hydroxylation is 1. The Hall–Kier alpha value is -2.56. The molecule has 1 N–H and O–H groups in total. The van der Waals surface area contributed by atoms with Gasteiger partial charge in [0.1, 0.15) is 5.65 Å². The van der Waals surface area contributed by atoms with Crippen LogP contribution in [-0.2, 0) is 6.42 Å². The van der Waals surface area contributed by atoms with Crippen LogP contribution in [0.25, 0.3) is 22.4 Å². The van der Waals surface area contributed by atoms with Gasteiger partial charge in [-0.05, 0) is 18.6 Å².